The van der Waals surface area contributed by atoms with Crippen molar-refractivity contribution in [1.82, 2.24) is 0 Å². The topological polar surface area (TPSA) is 82.1 Å². The smallest absolute Gasteiger partial charge is 1.00 e. The van der Waals surface area contributed by atoms with Crippen molar-refractivity contribution in [3.8, 4) is 0 Å². The Kier molecular flexibility index (Phi) is 23.0. The third kappa shape index (κ3) is 13.6. The van der Waals surface area contributed by atoms with Crippen molar-refractivity contribution in [1.29, 1.82) is 0 Å². The number of rotatable bonds is 7. The molecule has 1 N–H and O–H groups in total. The molecule has 1 saturated heterocycles. The van der Waals surface area contributed by atoms with Gasteiger partial charge in [-0.2, -0.15) is 0 Å². The SMILES string of the molecule is C1CCOC1.CC(CO)C1CCCC1.CCOC(=O)C(C(=O)OCC)C1CCCC1.[AlH3].[H-].[Li+]. The van der Waals surface area contributed by atoms with Gasteiger partial charge in [-0.1, -0.05) is 45.4 Å². The van der Waals surface area contributed by atoms with Gasteiger partial charge in [0.05, 0.1) is 13.2 Å². The van der Waals surface area contributed by atoms with Crippen molar-refractivity contribution in [2.75, 3.05) is 33.0 Å². The molecule has 32 heavy (non-hydrogen) atoms. The van der Waals surface area contributed by atoms with E-state index in [1.54, 1.807) is 13.8 Å². The van der Waals surface area contributed by atoms with E-state index in [9.17, 15) is 9.59 Å². The second-order valence-corrected chi connectivity index (χ2v) is 8.55. The van der Waals surface area contributed by atoms with Crippen LogP contribution < -0.4 is 18.9 Å². The Morgan fingerprint density at radius 2 is 1.28 bits per heavy atom. The molecule has 0 aromatic rings. The summed E-state index contributed by atoms with van der Waals surface area (Å²) in [6, 6.07) is 0. The molecule has 3 rings (SSSR count). The van der Waals surface area contributed by atoms with Crippen molar-refractivity contribution < 1.29 is 49.2 Å². The molecule has 0 bridgehead atoms. The average Bonchev–Trinajstić information content (AvgIpc) is 3.53. The number of esters is 2. The van der Waals surface area contributed by atoms with Crippen LogP contribution in [0.3, 0.4) is 0 Å². The standard InChI is InChI=1S/C12H20O4.C8H16O.C4H8O.Al.Li.4H/c1-3-15-11(13)10(12(14)16-4-2)9-7-5-6-8-9;1-7(6-9)8-4-2-3-5-8;1-2-4-5-3-1;;;;;;/h9-10H,3-8H2,1-2H3;7-9H,2-6H2,1H3;1-4H2;;;;;;/q;;;;+1;;;;-1. The maximum atomic E-state index is 11.7. The van der Waals surface area contributed by atoms with E-state index in [0.29, 0.717) is 25.7 Å². The Morgan fingerprint density at radius 1 is 0.875 bits per heavy atom. The number of carbonyl (C=O) groups is 2. The molecule has 1 aliphatic heterocycles. The molecule has 1 unspecified atom stereocenters. The van der Waals surface area contributed by atoms with Crippen LogP contribution >= 0.6 is 0 Å². The van der Waals surface area contributed by atoms with Gasteiger partial charge in [0.15, 0.2) is 23.3 Å². The fraction of sp³-hybridized carbons (Fsp3) is 0.917. The molecule has 2 aliphatic carbocycles. The average molecular weight is 467 g/mol. The van der Waals surface area contributed by atoms with Crippen LogP contribution in [-0.4, -0.2) is 67.4 Å². The molecule has 3 fully saturated rings. The fourth-order valence-corrected chi connectivity index (χ4v) is 4.42. The molecule has 1 atom stereocenters. The number of aliphatic hydroxyl groups excluding tert-OH is 1. The molecule has 0 radical (unpaired) electrons. The van der Waals surface area contributed by atoms with Crippen LogP contribution in [0.15, 0.2) is 0 Å². The zero-order valence-electron chi connectivity index (χ0n) is 21.4. The van der Waals surface area contributed by atoms with E-state index < -0.39 is 17.9 Å². The quantitative estimate of drug-likeness (QED) is 0.333. The first-order valence-corrected chi connectivity index (χ1v) is 12.1. The van der Waals surface area contributed by atoms with Crippen molar-refractivity contribution in [2.45, 2.75) is 85.0 Å². The van der Waals surface area contributed by atoms with Crippen LogP contribution in [0.5, 0.6) is 0 Å². The predicted molar refractivity (Wildman–Crippen MR) is 128 cm³/mol. The molecule has 184 valence electrons. The van der Waals surface area contributed by atoms with Gasteiger partial charge in [-0.3, -0.25) is 9.59 Å². The van der Waals surface area contributed by atoms with E-state index in [4.69, 9.17) is 19.3 Å². The van der Waals surface area contributed by atoms with E-state index in [1.807, 2.05) is 0 Å². The number of hydrogen-bond donors (Lipinski definition) is 1. The van der Waals surface area contributed by atoms with E-state index >= 15 is 0 Å². The Labute approximate surface area is 219 Å². The largest absolute Gasteiger partial charge is 1.00 e. The predicted octanol–water partition coefficient (Wildman–Crippen LogP) is 0.453. The number of aliphatic hydroxyl groups is 1. The van der Waals surface area contributed by atoms with Gasteiger partial charge in [-0.05, 0) is 57.3 Å². The molecular formula is C24H48AlLiO6. The van der Waals surface area contributed by atoms with Crippen LogP contribution in [0.4, 0.5) is 0 Å². The monoisotopic (exact) mass is 466 g/mol. The molecule has 0 aromatic carbocycles. The Hall–Kier alpha value is -0.0101. The van der Waals surface area contributed by atoms with Crippen LogP contribution in [-0.2, 0) is 23.8 Å². The second-order valence-electron chi connectivity index (χ2n) is 8.55. The van der Waals surface area contributed by atoms with E-state index in [-0.39, 0.29) is 43.6 Å². The molecule has 3 aliphatic rings. The number of carbonyl (C=O) groups excluding carboxylic acids is 2. The Bertz CT molecular complexity index is 444. The molecule has 2 saturated carbocycles. The van der Waals surface area contributed by atoms with Crippen LogP contribution in [0.1, 0.15) is 86.4 Å². The van der Waals surface area contributed by atoms with Crippen molar-refractivity contribution in [2.24, 2.45) is 23.7 Å². The van der Waals surface area contributed by atoms with Crippen LogP contribution in [0.2, 0.25) is 0 Å². The maximum Gasteiger partial charge on any atom is 1.00 e. The molecule has 6 nitrogen and oxygen atoms in total. The van der Waals surface area contributed by atoms with Gasteiger partial charge >= 0.3 is 30.8 Å². The second kappa shape index (κ2) is 21.5. The summed E-state index contributed by atoms with van der Waals surface area (Å²) in [7, 11) is 0. The van der Waals surface area contributed by atoms with Crippen molar-refractivity contribution in [3.63, 3.8) is 0 Å². The molecule has 0 amide bonds. The zero-order chi connectivity index (χ0) is 22.2. The summed E-state index contributed by atoms with van der Waals surface area (Å²) in [5, 5.41) is 8.80. The molecule has 8 heteroatoms. The molecule has 1 heterocycles. The van der Waals surface area contributed by atoms with Gasteiger partial charge in [0.25, 0.3) is 0 Å². The van der Waals surface area contributed by atoms with Gasteiger partial charge in [0.1, 0.15) is 0 Å². The van der Waals surface area contributed by atoms with Crippen molar-refractivity contribution in [3.05, 3.63) is 0 Å². The number of ether oxygens (including phenoxy) is 3. The summed E-state index contributed by atoms with van der Waals surface area (Å²) in [5.74, 6) is -0.0660. The summed E-state index contributed by atoms with van der Waals surface area (Å²) in [6.07, 6.45) is 12.0. The first kappa shape index (κ1) is 34.2. The summed E-state index contributed by atoms with van der Waals surface area (Å²) in [4.78, 5) is 23.4. The molecular weight excluding hydrogens is 418 g/mol. The Morgan fingerprint density at radius 3 is 1.59 bits per heavy atom. The fourth-order valence-electron chi connectivity index (χ4n) is 4.42. The third-order valence-electron chi connectivity index (χ3n) is 6.27. The van der Waals surface area contributed by atoms with E-state index in [0.717, 1.165) is 44.8 Å². The summed E-state index contributed by atoms with van der Waals surface area (Å²) in [5.41, 5.74) is 0. The first-order valence-electron chi connectivity index (χ1n) is 12.1. The zero-order valence-corrected chi connectivity index (χ0v) is 20.4. The van der Waals surface area contributed by atoms with Gasteiger partial charge in [-0.25, -0.2) is 0 Å². The summed E-state index contributed by atoms with van der Waals surface area (Å²) >= 11 is 0. The van der Waals surface area contributed by atoms with Gasteiger partial charge < -0.3 is 20.7 Å². The molecule has 0 spiro atoms. The van der Waals surface area contributed by atoms with E-state index in [2.05, 4.69) is 6.92 Å². The minimum Gasteiger partial charge on any atom is -1.00 e. The van der Waals surface area contributed by atoms with Gasteiger partial charge in [0.2, 0.25) is 0 Å². The third-order valence-corrected chi connectivity index (χ3v) is 6.27. The maximum absolute atomic E-state index is 11.7. The van der Waals surface area contributed by atoms with Crippen LogP contribution in [0, 0.1) is 23.7 Å². The first-order chi connectivity index (χ1) is 14.5. The normalized spacial score (nSPS) is 18.9. The summed E-state index contributed by atoms with van der Waals surface area (Å²) < 4.78 is 14.8. The summed E-state index contributed by atoms with van der Waals surface area (Å²) in [6.45, 7) is 8.63. The van der Waals surface area contributed by atoms with E-state index in [1.165, 1.54) is 38.5 Å². The Balaban J connectivity index is -0.000000448. The molecule has 0 aromatic heterocycles. The minimum atomic E-state index is -0.706. The van der Waals surface area contributed by atoms with Gasteiger partial charge in [0, 0.05) is 19.8 Å². The van der Waals surface area contributed by atoms with Crippen LogP contribution in [0.25, 0.3) is 0 Å². The van der Waals surface area contributed by atoms with Gasteiger partial charge in [-0.15, -0.1) is 0 Å². The number of hydrogen-bond acceptors (Lipinski definition) is 6. The minimum absolute atomic E-state index is 0. The van der Waals surface area contributed by atoms with Crippen molar-refractivity contribution >= 4 is 29.3 Å².